The molecular weight excluding hydrogens is 515 g/mol. The summed E-state index contributed by atoms with van der Waals surface area (Å²) in [6.07, 6.45) is -3.25. The Kier molecular flexibility index (Phi) is 7.64. The second-order valence-electron chi connectivity index (χ2n) is 7.53. The van der Waals surface area contributed by atoms with E-state index in [-0.39, 0.29) is 18.3 Å². The molecule has 0 spiro atoms. The highest BCUT2D eigenvalue weighted by atomic mass is 35.5. The van der Waals surface area contributed by atoms with Crippen molar-refractivity contribution in [2.24, 2.45) is 0 Å². The number of urea groups is 1. The normalized spacial score (nSPS) is 11.4. The first-order valence-electron chi connectivity index (χ1n) is 10.8. The molecular formula is C23H21ClF3N7O3. The molecule has 4 aromatic rings. The van der Waals surface area contributed by atoms with Gasteiger partial charge in [-0.2, -0.15) is 18.2 Å². The fourth-order valence-electron chi connectivity index (χ4n) is 3.41. The number of aromatic nitrogens is 4. The average Bonchev–Trinajstić information content (AvgIpc) is 3.23. The van der Waals surface area contributed by atoms with E-state index in [0.717, 1.165) is 12.1 Å². The van der Waals surface area contributed by atoms with Crippen LogP contribution < -0.4 is 20.7 Å². The summed E-state index contributed by atoms with van der Waals surface area (Å²) in [7, 11) is 3.27. The zero-order valence-electron chi connectivity index (χ0n) is 19.6. The molecule has 0 fully saturated rings. The van der Waals surface area contributed by atoms with Gasteiger partial charge in [-0.1, -0.05) is 11.6 Å². The molecule has 4 rings (SSSR count). The van der Waals surface area contributed by atoms with Crippen LogP contribution in [-0.2, 0) is 10.9 Å². The third-order valence-corrected chi connectivity index (χ3v) is 5.41. The third kappa shape index (κ3) is 5.84. The first kappa shape index (κ1) is 26.0. The van der Waals surface area contributed by atoms with Gasteiger partial charge in [-0.05, 0) is 42.5 Å². The van der Waals surface area contributed by atoms with Gasteiger partial charge in [0.25, 0.3) is 0 Å². The highest BCUT2D eigenvalue weighted by molar-refractivity contribution is 6.31. The summed E-state index contributed by atoms with van der Waals surface area (Å²) in [5.74, 6) is 0.520. The quantitative estimate of drug-likeness (QED) is 0.266. The van der Waals surface area contributed by atoms with Crippen molar-refractivity contribution in [2.45, 2.75) is 6.18 Å². The Labute approximate surface area is 213 Å². The van der Waals surface area contributed by atoms with E-state index < -0.39 is 22.8 Å². The standard InChI is InChI=1S/C23H21ClF3N7O3/c1-28-19-18-20(30-12-29-19)34(22(33-18)37-10-9-36-2)15-6-3-13(4-7-15)31-21(35)32-14-5-8-17(24)16(11-14)23(25,26)27/h3-8,11-12H,9-10H2,1-2H3,(H,28,29,30)(H2,31,32,35). The Hall–Kier alpha value is -4.10. The predicted octanol–water partition coefficient (Wildman–Crippen LogP) is 5.20. The van der Waals surface area contributed by atoms with Crippen LogP contribution in [0.25, 0.3) is 16.9 Å². The van der Waals surface area contributed by atoms with Crippen molar-refractivity contribution < 1.29 is 27.4 Å². The van der Waals surface area contributed by atoms with E-state index in [2.05, 4.69) is 30.9 Å². The van der Waals surface area contributed by atoms with Gasteiger partial charge in [-0.3, -0.25) is 0 Å². The molecule has 0 radical (unpaired) electrons. The van der Waals surface area contributed by atoms with Crippen LogP contribution in [0.15, 0.2) is 48.8 Å². The number of imidazole rings is 1. The molecule has 0 aliphatic rings. The fourth-order valence-corrected chi connectivity index (χ4v) is 3.63. The summed E-state index contributed by atoms with van der Waals surface area (Å²) in [5.41, 5.74) is 0.914. The van der Waals surface area contributed by atoms with Crippen molar-refractivity contribution in [1.29, 1.82) is 0 Å². The summed E-state index contributed by atoms with van der Waals surface area (Å²) >= 11 is 5.62. The first-order chi connectivity index (χ1) is 17.7. The lowest BCUT2D eigenvalue weighted by Gasteiger charge is -2.13. The second kappa shape index (κ2) is 10.9. The van der Waals surface area contributed by atoms with Crippen LogP contribution in [0.2, 0.25) is 5.02 Å². The second-order valence-corrected chi connectivity index (χ2v) is 7.94. The molecule has 37 heavy (non-hydrogen) atoms. The average molecular weight is 536 g/mol. The summed E-state index contributed by atoms with van der Waals surface area (Å²) in [4.78, 5) is 25.4. The lowest BCUT2D eigenvalue weighted by atomic mass is 10.2. The molecule has 3 N–H and O–H groups in total. The van der Waals surface area contributed by atoms with Crippen LogP contribution in [0, 0.1) is 0 Å². The fraction of sp³-hybridized carbons (Fsp3) is 0.217. The van der Waals surface area contributed by atoms with Crippen LogP contribution in [-0.4, -0.2) is 52.9 Å². The van der Waals surface area contributed by atoms with Gasteiger partial charge in [-0.15, -0.1) is 0 Å². The van der Waals surface area contributed by atoms with Gasteiger partial charge in [0.2, 0.25) is 0 Å². The number of carbonyl (C=O) groups excluding carboxylic acids is 1. The van der Waals surface area contributed by atoms with E-state index in [9.17, 15) is 18.0 Å². The largest absolute Gasteiger partial charge is 0.462 e. The Morgan fingerprint density at radius 2 is 1.76 bits per heavy atom. The number of amides is 2. The van der Waals surface area contributed by atoms with Gasteiger partial charge in [0.15, 0.2) is 17.0 Å². The predicted molar refractivity (Wildman–Crippen MR) is 133 cm³/mol. The molecule has 2 aromatic carbocycles. The summed E-state index contributed by atoms with van der Waals surface area (Å²) in [5, 5.41) is 7.45. The Morgan fingerprint density at radius 3 is 2.43 bits per heavy atom. The van der Waals surface area contributed by atoms with Crippen LogP contribution in [0.5, 0.6) is 6.01 Å². The van der Waals surface area contributed by atoms with Gasteiger partial charge in [0.05, 0.1) is 22.9 Å². The Morgan fingerprint density at radius 1 is 1.05 bits per heavy atom. The molecule has 2 amide bonds. The first-order valence-corrected chi connectivity index (χ1v) is 11.2. The maximum atomic E-state index is 13.1. The van der Waals surface area contributed by atoms with Gasteiger partial charge in [0.1, 0.15) is 12.9 Å². The van der Waals surface area contributed by atoms with E-state index in [1.165, 1.54) is 12.4 Å². The molecule has 0 unspecified atom stereocenters. The SMILES string of the molecule is CNc1ncnc2c1nc(OCCOC)n2-c1ccc(NC(=O)Nc2ccc(Cl)c(C(F)(F)F)c2)cc1. The Bertz CT molecular complexity index is 1410. The Balaban J connectivity index is 1.55. The zero-order chi connectivity index (χ0) is 26.6. The van der Waals surface area contributed by atoms with Gasteiger partial charge in [0, 0.05) is 25.5 Å². The molecule has 14 heteroatoms. The summed E-state index contributed by atoms with van der Waals surface area (Å²) in [6, 6.07) is 9.27. The van der Waals surface area contributed by atoms with E-state index in [1.807, 2.05) is 0 Å². The van der Waals surface area contributed by atoms with Gasteiger partial charge in [-0.25, -0.2) is 19.3 Å². The zero-order valence-corrected chi connectivity index (χ0v) is 20.3. The number of hydrogen-bond donors (Lipinski definition) is 3. The number of alkyl halides is 3. The molecule has 0 bridgehead atoms. The van der Waals surface area contributed by atoms with Crippen molar-refractivity contribution in [2.75, 3.05) is 43.3 Å². The number of anilines is 3. The molecule has 0 saturated heterocycles. The van der Waals surface area contributed by atoms with Crippen molar-refractivity contribution in [3.8, 4) is 11.7 Å². The molecule has 194 valence electrons. The highest BCUT2D eigenvalue weighted by Gasteiger charge is 2.33. The summed E-state index contributed by atoms with van der Waals surface area (Å²) in [6.45, 7) is 0.604. The number of halogens is 4. The number of methoxy groups -OCH3 is 1. The molecule has 10 nitrogen and oxygen atoms in total. The monoisotopic (exact) mass is 535 g/mol. The number of nitrogens with one attached hydrogen (secondary N) is 3. The van der Waals surface area contributed by atoms with E-state index in [1.54, 1.807) is 43.0 Å². The minimum Gasteiger partial charge on any atom is -0.462 e. The molecule has 2 heterocycles. The third-order valence-electron chi connectivity index (χ3n) is 5.08. The topological polar surface area (TPSA) is 115 Å². The van der Waals surface area contributed by atoms with E-state index in [4.69, 9.17) is 21.1 Å². The van der Waals surface area contributed by atoms with Crippen molar-refractivity contribution >= 4 is 46.0 Å². The lowest BCUT2D eigenvalue weighted by Crippen LogP contribution is -2.20. The molecule has 2 aromatic heterocycles. The van der Waals surface area contributed by atoms with Gasteiger partial charge < -0.3 is 25.4 Å². The molecule has 0 aliphatic heterocycles. The minimum atomic E-state index is -4.65. The number of benzene rings is 2. The van der Waals surface area contributed by atoms with Crippen LogP contribution >= 0.6 is 11.6 Å². The number of fused-ring (bicyclic) bond motifs is 1. The van der Waals surface area contributed by atoms with Crippen molar-refractivity contribution in [3.63, 3.8) is 0 Å². The van der Waals surface area contributed by atoms with E-state index in [0.29, 0.717) is 35.0 Å². The number of nitrogens with zero attached hydrogens (tertiary/aromatic N) is 4. The van der Waals surface area contributed by atoms with Gasteiger partial charge >= 0.3 is 18.2 Å². The van der Waals surface area contributed by atoms with Crippen LogP contribution in [0.1, 0.15) is 5.56 Å². The molecule has 0 saturated carbocycles. The smallest absolute Gasteiger partial charge is 0.417 e. The minimum absolute atomic E-state index is 0.0615. The lowest BCUT2D eigenvalue weighted by molar-refractivity contribution is -0.137. The number of carbonyl (C=O) groups is 1. The number of rotatable bonds is 8. The van der Waals surface area contributed by atoms with E-state index >= 15 is 0 Å². The maximum absolute atomic E-state index is 13.1. The van der Waals surface area contributed by atoms with Crippen molar-refractivity contribution in [1.82, 2.24) is 19.5 Å². The molecule has 0 atom stereocenters. The number of ether oxygens (including phenoxy) is 2. The van der Waals surface area contributed by atoms with Crippen LogP contribution in [0.3, 0.4) is 0 Å². The molecule has 0 aliphatic carbocycles. The number of hydrogen-bond acceptors (Lipinski definition) is 7. The van der Waals surface area contributed by atoms with Crippen molar-refractivity contribution in [3.05, 3.63) is 59.4 Å². The maximum Gasteiger partial charge on any atom is 0.417 e. The highest BCUT2D eigenvalue weighted by Crippen LogP contribution is 2.36. The van der Waals surface area contributed by atoms with Crippen LogP contribution in [0.4, 0.5) is 35.2 Å². The summed E-state index contributed by atoms with van der Waals surface area (Å²) < 4.78 is 51.7.